The van der Waals surface area contributed by atoms with E-state index in [4.69, 9.17) is 14.5 Å². The number of hydrogen-bond donors (Lipinski definition) is 2. The van der Waals surface area contributed by atoms with Gasteiger partial charge in [-0.15, -0.1) is 0 Å². The average molecular weight is 548 g/mol. The Morgan fingerprint density at radius 3 is 2.23 bits per heavy atom. The molecule has 39 heavy (non-hydrogen) atoms. The van der Waals surface area contributed by atoms with E-state index in [9.17, 15) is 8.42 Å². The lowest BCUT2D eigenvalue weighted by Crippen LogP contribution is -2.52. The van der Waals surface area contributed by atoms with Crippen molar-refractivity contribution in [3.8, 4) is 34.1 Å². The van der Waals surface area contributed by atoms with Gasteiger partial charge in [0.15, 0.2) is 0 Å². The van der Waals surface area contributed by atoms with Crippen LogP contribution in [0.1, 0.15) is 5.69 Å². The van der Waals surface area contributed by atoms with Crippen molar-refractivity contribution < 1.29 is 17.9 Å². The number of aromatic nitrogens is 2. The Hall–Kier alpha value is -3.86. The molecule has 0 unspecified atom stereocenters. The van der Waals surface area contributed by atoms with Gasteiger partial charge in [-0.3, -0.25) is 0 Å². The summed E-state index contributed by atoms with van der Waals surface area (Å²) in [5, 5.41) is 0. The Balaban J connectivity index is 1.26. The summed E-state index contributed by atoms with van der Waals surface area (Å²) in [5.74, 6) is 2.29. The number of rotatable bonds is 10. The first-order valence-electron chi connectivity index (χ1n) is 12.9. The second kappa shape index (κ2) is 11.9. The molecule has 0 radical (unpaired) electrons. The summed E-state index contributed by atoms with van der Waals surface area (Å²) in [6.07, 6.45) is 0.436. The minimum atomic E-state index is -3.64. The first-order valence-corrected chi connectivity index (χ1v) is 14.3. The maximum atomic E-state index is 13.1. The second-order valence-electron chi connectivity index (χ2n) is 9.21. The number of nitrogens with zero attached hydrogens (tertiary/aromatic N) is 3. The predicted octanol–water partition coefficient (Wildman–Crippen LogP) is 3.96. The Labute approximate surface area is 229 Å². The van der Waals surface area contributed by atoms with Crippen molar-refractivity contribution in [3.63, 3.8) is 0 Å². The molecule has 1 fully saturated rings. The Morgan fingerprint density at radius 2 is 1.54 bits per heavy atom. The number of hydrogen-bond acceptors (Lipinski definition) is 6. The number of aromatic amines is 1. The molecule has 3 aromatic carbocycles. The van der Waals surface area contributed by atoms with E-state index in [2.05, 4.69) is 14.6 Å². The van der Waals surface area contributed by atoms with Crippen molar-refractivity contribution in [2.75, 3.05) is 51.8 Å². The molecule has 5 rings (SSSR count). The molecule has 9 nitrogen and oxygen atoms in total. The van der Waals surface area contributed by atoms with E-state index in [0.717, 1.165) is 45.5 Å². The smallest absolute Gasteiger partial charge is 0.279 e. The van der Waals surface area contributed by atoms with Crippen molar-refractivity contribution >= 4 is 15.9 Å². The fourth-order valence-corrected chi connectivity index (χ4v) is 5.96. The number of para-hydroxylation sites is 2. The molecule has 1 aliphatic heterocycles. The maximum absolute atomic E-state index is 13.1. The van der Waals surface area contributed by atoms with Crippen LogP contribution in [-0.4, -0.2) is 69.6 Å². The number of H-pyrrole nitrogens is 1. The first-order chi connectivity index (χ1) is 19.0. The molecule has 1 saturated heterocycles. The van der Waals surface area contributed by atoms with Gasteiger partial charge in [0.05, 0.1) is 31.3 Å². The van der Waals surface area contributed by atoms with Crippen LogP contribution in [0.5, 0.6) is 11.5 Å². The minimum absolute atomic E-state index is 0.233. The quantitative estimate of drug-likeness (QED) is 0.312. The average Bonchev–Trinajstić information content (AvgIpc) is 3.41. The van der Waals surface area contributed by atoms with Crippen molar-refractivity contribution in [3.05, 3.63) is 84.6 Å². The van der Waals surface area contributed by atoms with Crippen LogP contribution < -0.4 is 19.1 Å². The molecule has 0 spiro atoms. The zero-order valence-corrected chi connectivity index (χ0v) is 22.9. The largest absolute Gasteiger partial charge is 0.497 e. The molecular weight excluding hydrogens is 514 g/mol. The topological polar surface area (TPSA) is 99.8 Å². The number of piperazine rings is 1. The highest BCUT2D eigenvalue weighted by Gasteiger charge is 2.28. The number of methoxy groups -OCH3 is 2. The molecule has 0 atom stereocenters. The van der Waals surface area contributed by atoms with Crippen molar-refractivity contribution in [1.82, 2.24) is 19.0 Å². The summed E-state index contributed by atoms with van der Waals surface area (Å²) in [6, 6.07) is 25.4. The van der Waals surface area contributed by atoms with E-state index in [1.807, 2.05) is 78.9 Å². The van der Waals surface area contributed by atoms with Crippen LogP contribution >= 0.6 is 0 Å². The normalized spacial score (nSPS) is 14.4. The van der Waals surface area contributed by atoms with Crippen LogP contribution in [0.2, 0.25) is 0 Å². The zero-order valence-electron chi connectivity index (χ0n) is 22.1. The van der Waals surface area contributed by atoms with E-state index in [1.165, 1.54) is 4.31 Å². The first kappa shape index (κ1) is 26.7. The van der Waals surface area contributed by atoms with E-state index in [0.29, 0.717) is 32.6 Å². The zero-order chi connectivity index (χ0) is 27.2. The van der Waals surface area contributed by atoms with E-state index >= 15 is 0 Å². The van der Waals surface area contributed by atoms with Gasteiger partial charge in [0.2, 0.25) is 0 Å². The van der Waals surface area contributed by atoms with Crippen LogP contribution in [0, 0.1) is 0 Å². The molecule has 10 heteroatoms. The fourth-order valence-electron chi connectivity index (χ4n) is 4.77. The third kappa shape index (κ3) is 6.08. The number of nitrogens with one attached hydrogen (secondary N) is 2. The maximum Gasteiger partial charge on any atom is 0.279 e. The number of benzene rings is 3. The molecule has 0 bridgehead atoms. The van der Waals surface area contributed by atoms with Crippen molar-refractivity contribution in [2.24, 2.45) is 0 Å². The minimum Gasteiger partial charge on any atom is -0.497 e. The molecule has 2 heterocycles. The summed E-state index contributed by atoms with van der Waals surface area (Å²) in [7, 11) is -0.358. The lowest BCUT2D eigenvalue weighted by molar-refractivity contribution is 0.373. The van der Waals surface area contributed by atoms with Gasteiger partial charge < -0.3 is 19.4 Å². The molecular formula is C29H33N5O4S. The third-order valence-electron chi connectivity index (χ3n) is 6.86. The van der Waals surface area contributed by atoms with E-state index in [1.54, 1.807) is 14.2 Å². The lowest BCUT2D eigenvalue weighted by Gasteiger charge is -2.35. The Kier molecular flexibility index (Phi) is 8.16. The predicted molar refractivity (Wildman–Crippen MR) is 153 cm³/mol. The lowest BCUT2D eigenvalue weighted by atomic mass is 10.1. The van der Waals surface area contributed by atoms with Gasteiger partial charge in [-0.1, -0.05) is 42.5 Å². The SMILES string of the molecule is COc1ccc(-c2[nH]c(-c3ccccc3)nc2CCNS(=O)(=O)N2CCN(c3ccccc3OC)CC2)cc1. The van der Waals surface area contributed by atoms with Gasteiger partial charge >= 0.3 is 0 Å². The van der Waals surface area contributed by atoms with Crippen LogP contribution in [-0.2, 0) is 16.6 Å². The highest BCUT2D eigenvalue weighted by molar-refractivity contribution is 7.87. The van der Waals surface area contributed by atoms with Crippen LogP contribution in [0.3, 0.4) is 0 Å². The summed E-state index contributed by atoms with van der Waals surface area (Å²) < 4.78 is 41.3. The molecule has 4 aromatic rings. The number of imidazole rings is 1. The molecule has 0 aliphatic carbocycles. The second-order valence-corrected chi connectivity index (χ2v) is 11.0. The molecule has 0 saturated carbocycles. The van der Waals surface area contributed by atoms with Gasteiger partial charge in [-0.2, -0.15) is 12.7 Å². The standard InChI is InChI=1S/C29H33N5O4S/c1-37-24-14-12-22(13-15-24)28-25(31-29(32-28)23-8-4-3-5-9-23)16-17-30-39(35,36)34-20-18-33(19-21-34)26-10-6-7-11-27(26)38-2/h3-15,30H,16-21H2,1-2H3,(H,31,32). The number of anilines is 1. The Bertz CT molecular complexity index is 1480. The van der Waals surface area contributed by atoms with Gasteiger partial charge in [0.1, 0.15) is 17.3 Å². The highest BCUT2D eigenvalue weighted by atomic mass is 32.2. The molecule has 0 amide bonds. The van der Waals surface area contributed by atoms with Crippen LogP contribution in [0.4, 0.5) is 5.69 Å². The molecule has 1 aliphatic rings. The van der Waals surface area contributed by atoms with Crippen molar-refractivity contribution in [1.29, 1.82) is 0 Å². The van der Waals surface area contributed by atoms with Crippen LogP contribution in [0.15, 0.2) is 78.9 Å². The summed E-state index contributed by atoms with van der Waals surface area (Å²) in [5.41, 5.74) is 4.55. The summed E-state index contributed by atoms with van der Waals surface area (Å²) in [6.45, 7) is 2.19. The van der Waals surface area contributed by atoms with Gasteiger partial charge in [0, 0.05) is 50.3 Å². The van der Waals surface area contributed by atoms with Gasteiger partial charge in [0.25, 0.3) is 10.2 Å². The fraction of sp³-hybridized carbons (Fsp3) is 0.276. The van der Waals surface area contributed by atoms with Gasteiger partial charge in [-0.25, -0.2) is 9.71 Å². The van der Waals surface area contributed by atoms with Crippen molar-refractivity contribution in [2.45, 2.75) is 6.42 Å². The number of ether oxygens (including phenoxy) is 2. The monoisotopic (exact) mass is 547 g/mol. The summed E-state index contributed by atoms with van der Waals surface area (Å²) in [4.78, 5) is 10.4. The summed E-state index contributed by atoms with van der Waals surface area (Å²) >= 11 is 0. The van der Waals surface area contributed by atoms with Gasteiger partial charge in [-0.05, 0) is 36.4 Å². The third-order valence-corrected chi connectivity index (χ3v) is 8.47. The van der Waals surface area contributed by atoms with E-state index in [-0.39, 0.29) is 6.54 Å². The van der Waals surface area contributed by atoms with E-state index < -0.39 is 10.2 Å². The van der Waals surface area contributed by atoms with Crippen LogP contribution in [0.25, 0.3) is 22.6 Å². The molecule has 1 aromatic heterocycles. The Morgan fingerprint density at radius 1 is 0.846 bits per heavy atom. The highest BCUT2D eigenvalue weighted by Crippen LogP contribution is 2.29. The molecule has 204 valence electrons. The molecule has 2 N–H and O–H groups in total.